The van der Waals surface area contributed by atoms with E-state index in [0.717, 1.165) is 4.90 Å². The molecule has 0 heterocycles. The van der Waals surface area contributed by atoms with Crippen molar-refractivity contribution in [2.45, 2.75) is 4.90 Å². The summed E-state index contributed by atoms with van der Waals surface area (Å²) in [6.45, 7) is 0.897. The summed E-state index contributed by atoms with van der Waals surface area (Å²) < 4.78 is 5.50. The lowest BCUT2D eigenvalue weighted by molar-refractivity contribution is -0.118. The Bertz CT molecular complexity index is 575. The fourth-order valence-corrected chi connectivity index (χ4v) is 2.43. The van der Waals surface area contributed by atoms with Gasteiger partial charge in [-0.2, -0.15) is 0 Å². The second-order valence-electron chi connectivity index (χ2n) is 4.37. The van der Waals surface area contributed by atoms with E-state index in [4.69, 9.17) is 10.5 Å². The number of amides is 1. The SMILES string of the molecule is Nc1cccc(OCCNC(=O)CSc2ccccc2)c1. The Hall–Kier alpha value is -2.14. The normalized spacial score (nSPS) is 10.1. The van der Waals surface area contributed by atoms with Crippen molar-refractivity contribution in [3.05, 3.63) is 54.6 Å². The first-order chi connectivity index (χ1) is 10.2. The second kappa shape index (κ2) is 8.21. The van der Waals surface area contributed by atoms with Gasteiger partial charge in [-0.1, -0.05) is 24.3 Å². The molecule has 1 amide bonds. The monoisotopic (exact) mass is 302 g/mol. The molecule has 21 heavy (non-hydrogen) atoms. The molecular formula is C16H18N2O2S. The van der Waals surface area contributed by atoms with Crippen LogP contribution in [0.15, 0.2) is 59.5 Å². The van der Waals surface area contributed by atoms with Crippen LogP contribution in [-0.4, -0.2) is 24.8 Å². The number of thioether (sulfide) groups is 1. The van der Waals surface area contributed by atoms with E-state index < -0.39 is 0 Å². The Morgan fingerprint density at radius 2 is 1.95 bits per heavy atom. The van der Waals surface area contributed by atoms with Crippen molar-refractivity contribution >= 4 is 23.4 Å². The predicted molar refractivity (Wildman–Crippen MR) is 86.5 cm³/mol. The summed E-state index contributed by atoms with van der Waals surface area (Å²) in [5, 5.41) is 2.82. The van der Waals surface area contributed by atoms with E-state index in [-0.39, 0.29) is 5.91 Å². The molecule has 0 atom stereocenters. The maximum absolute atomic E-state index is 11.7. The third-order valence-corrected chi connectivity index (χ3v) is 3.68. The molecule has 0 unspecified atom stereocenters. The third-order valence-electron chi connectivity index (χ3n) is 2.66. The summed E-state index contributed by atoms with van der Waals surface area (Å²) in [7, 11) is 0. The van der Waals surface area contributed by atoms with Gasteiger partial charge in [0.1, 0.15) is 12.4 Å². The first-order valence-electron chi connectivity index (χ1n) is 6.67. The van der Waals surface area contributed by atoms with E-state index in [9.17, 15) is 4.79 Å². The standard InChI is InChI=1S/C16H18N2O2S/c17-13-5-4-6-14(11-13)20-10-9-18-16(19)12-21-15-7-2-1-3-8-15/h1-8,11H,9-10,12,17H2,(H,18,19). The molecule has 0 aliphatic heterocycles. The Morgan fingerprint density at radius 3 is 2.71 bits per heavy atom. The Balaban J connectivity index is 1.61. The van der Waals surface area contributed by atoms with Crippen LogP contribution in [0.25, 0.3) is 0 Å². The van der Waals surface area contributed by atoms with Crippen LogP contribution in [0.5, 0.6) is 5.75 Å². The fourth-order valence-electron chi connectivity index (χ4n) is 1.68. The summed E-state index contributed by atoms with van der Waals surface area (Å²) >= 11 is 1.52. The lowest BCUT2D eigenvalue weighted by Crippen LogP contribution is -2.29. The third kappa shape index (κ3) is 5.79. The highest BCUT2D eigenvalue weighted by Crippen LogP contribution is 2.16. The summed E-state index contributed by atoms with van der Waals surface area (Å²) in [4.78, 5) is 12.8. The van der Waals surface area contributed by atoms with E-state index in [0.29, 0.717) is 30.3 Å². The van der Waals surface area contributed by atoms with E-state index in [1.165, 1.54) is 11.8 Å². The van der Waals surface area contributed by atoms with Crippen molar-refractivity contribution in [1.82, 2.24) is 5.32 Å². The lowest BCUT2D eigenvalue weighted by atomic mass is 10.3. The average molecular weight is 302 g/mol. The maximum Gasteiger partial charge on any atom is 0.230 e. The van der Waals surface area contributed by atoms with Gasteiger partial charge < -0.3 is 15.8 Å². The number of hydrogen-bond donors (Lipinski definition) is 2. The zero-order chi connectivity index (χ0) is 14.9. The molecule has 110 valence electrons. The van der Waals surface area contributed by atoms with E-state index >= 15 is 0 Å². The quantitative estimate of drug-likeness (QED) is 0.469. The molecule has 0 aliphatic carbocycles. The van der Waals surface area contributed by atoms with Crippen molar-refractivity contribution in [3.63, 3.8) is 0 Å². The number of nitrogens with two attached hydrogens (primary N) is 1. The minimum absolute atomic E-state index is 0.0000265. The number of ether oxygens (including phenoxy) is 1. The highest BCUT2D eigenvalue weighted by Gasteiger charge is 2.02. The van der Waals surface area contributed by atoms with Crippen molar-refractivity contribution in [2.75, 3.05) is 24.6 Å². The first-order valence-corrected chi connectivity index (χ1v) is 7.65. The largest absolute Gasteiger partial charge is 0.492 e. The molecule has 0 saturated heterocycles. The van der Waals surface area contributed by atoms with Gasteiger partial charge in [-0.15, -0.1) is 11.8 Å². The number of benzene rings is 2. The molecule has 2 aromatic rings. The number of anilines is 1. The number of nitrogen functional groups attached to an aromatic ring is 1. The van der Waals surface area contributed by atoms with Gasteiger partial charge >= 0.3 is 0 Å². The lowest BCUT2D eigenvalue weighted by Gasteiger charge is -2.08. The molecular weight excluding hydrogens is 284 g/mol. The Kier molecular flexibility index (Phi) is 5.97. The first kappa shape index (κ1) is 15.3. The smallest absolute Gasteiger partial charge is 0.230 e. The van der Waals surface area contributed by atoms with Gasteiger partial charge in [-0.25, -0.2) is 0 Å². The summed E-state index contributed by atoms with van der Waals surface area (Å²) in [6.07, 6.45) is 0. The molecule has 0 aromatic heterocycles. The molecule has 0 aliphatic rings. The summed E-state index contributed by atoms with van der Waals surface area (Å²) in [5.74, 6) is 1.12. The second-order valence-corrected chi connectivity index (χ2v) is 5.42. The minimum atomic E-state index is 0.0000265. The van der Waals surface area contributed by atoms with E-state index in [1.807, 2.05) is 42.5 Å². The van der Waals surface area contributed by atoms with Crippen LogP contribution in [0, 0.1) is 0 Å². The van der Waals surface area contributed by atoms with Gasteiger partial charge in [0.05, 0.1) is 12.3 Å². The van der Waals surface area contributed by atoms with Gasteiger partial charge in [0, 0.05) is 16.6 Å². The van der Waals surface area contributed by atoms with Crippen LogP contribution < -0.4 is 15.8 Å². The number of carbonyl (C=O) groups is 1. The minimum Gasteiger partial charge on any atom is -0.492 e. The number of nitrogens with one attached hydrogen (secondary N) is 1. The van der Waals surface area contributed by atoms with Gasteiger partial charge in [0.15, 0.2) is 0 Å². The number of carbonyl (C=O) groups excluding carboxylic acids is 1. The van der Waals surface area contributed by atoms with Gasteiger partial charge in [-0.3, -0.25) is 4.79 Å². The Morgan fingerprint density at radius 1 is 1.14 bits per heavy atom. The highest BCUT2D eigenvalue weighted by molar-refractivity contribution is 8.00. The molecule has 0 fully saturated rings. The van der Waals surface area contributed by atoms with E-state index in [2.05, 4.69) is 5.32 Å². The molecule has 0 radical (unpaired) electrons. The maximum atomic E-state index is 11.7. The van der Waals surface area contributed by atoms with Crippen LogP contribution in [0.4, 0.5) is 5.69 Å². The highest BCUT2D eigenvalue weighted by atomic mass is 32.2. The summed E-state index contributed by atoms with van der Waals surface area (Å²) in [5.41, 5.74) is 6.32. The zero-order valence-electron chi connectivity index (χ0n) is 11.6. The van der Waals surface area contributed by atoms with Gasteiger partial charge in [-0.05, 0) is 24.3 Å². The van der Waals surface area contributed by atoms with Crippen molar-refractivity contribution in [1.29, 1.82) is 0 Å². The van der Waals surface area contributed by atoms with Crippen molar-refractivity contribution in [2.24, 2.45) is 0 Å². The zero-order valence-corrected chi connectivity index (χ0v) is 12.4. The predicted octanol–water partition coefficient (Wildman–Crippen LogP) is 2.56. The van der Waals surface area contributed by atoms with Crippen molar-refractivity contribution in [3.8, 4) is 5.75 Å². The molecule has 0 spiro atoms. The molecule has 0 saturated carbocycles. The molecule has 2 rings (SSSR count). The topological polar surface area (TPSA) is 64.3 Å². The van der Waals surface area contributed by atoms with Crippen LogP contribution in [0.3, 0.4) is 0 Å². The van der Waals surface area contributed by atoms with Gasteiger partial charge in [0.25, 0.3) is 0 Å². The Labute approximate surface area is 128 Å². The molecule has 2 aromatic carbocycles. The van der Waals surface area contributed by atoms with Crippen LogP contribution in [-0.2, 0) is 4.79 Å². The molecule has 5 heteroatoms. The molecule has 4 nitrogen and oxygen atoms in total. The molecule has 3 N–H and O–H groups in total. The van der Waals surface area contributed by atoms with Crippen LogP contribution in [0.1, 0.15) is 0 Å². The van der Waals surface area contributed by atoms with Crippen LogP contribution in [0.2, 0.25) is 0 Å². The summed E-state index contributed by atoms with van der Waals surface area (Å²) in [6, 6.07) is 17.1. The average Bonchev–Trinajstić information content (AvgIpc) is 2.51. The molecule has 0 bridgehead atoms. The number of rotatable bonds is 7. The fraction of sp³-hybridized carbons (Fsp3) is 0.188. The van der Waals surface area contributed by atoms with Gasteiger partial charge in [0.2, 0.25) is 5.91 Å². The van der Waals surface area contributed by atoms with E-state index in [1.54, 1.807) is 12.1 Å². The van der Waals surface area contributed by atoms with Crippen molar-refractivity contribution < 1.29 is 9.53 Å². The van der Waals surface area contributed by atoms with Crippen LogP contribution >= 0.6 is 11.8 Å². The number of hydrogen-bond acceptors (Lipinski definition) is 4.